The largest absolute Gasteiger partial charge is 0.444 e. The van der Waals surface area contributed by atoms with Crippen LogP contribution in [-0.4, -0.2) is 65.7 Å². The van der Waals surface area contributed by atoms with Gasteiger partial charge in [-0.1, -0.05) is 54.6 Å². The first-order chi connectivity index (χ1) is 24.8. The molecule has 0 radical (unpaired) electrons. The molecule has 2 bridgehead atoms. The number of nitrogens with zero attached hydrogens (tertiary/aromatic N) is 4. The van der Waals surface area contributed by atoms with E-state index in [4.69, 9.17) is 14.5 Å². The van der Waals surface area contributed by atoms with E-state index >= 15 is 0 Å². The van der Waals surface area contributed by atoms with Gasteiger partial charge in [-0.2, -0.15) is 0 Å². The SMILES string of the molecule is CC(C)(C)OC(=O)N1CCCC1c1ncc(-c2ccc(-c3ccc(-c4ccc5nc(C6C7CCC(C7)N6C(=O)OC(C)(C)C)[nH]c5c4)cc3)cc2)[nH]1. The van der Waals surface area contributed by atoms with Crippen LogP contribution < -0.4 is 0 Å². The van der Waals surface area contributed by atoms with Crippen LogP contribution in [0.5, 0.6) is 0 Å². The molecule has 10 heteroatoms. The molecule has 4 atom stereocenters. The highest BCUT2D eigenvalue weighted by Crippen LogP contribution is 2.50. The number of likely N-dealkylation sites (tertiary alicyclic amines) is 2. The summed E-state index contributed by atoms with van der Waals surface area (Å²) in [6.45, 7) is 12.1. The van der Waals surface area contributed by atoms with Crippen LogP contribution in [0.2, 0.25) is 0 Å². The number of aromatic nitrogens is 4. The van der Waals surface area contributed by atoms with Crippen molar-refractivity contribution in [2.75, 3.05) is 6.54 Å². The Balaban J connectivity index is 0.957. The fourth-order valence-electron chi connectivity index (χ4n) is 8.21. The number of ether oxygens (including phenoxy) is 2. The molecular weight excluding hydrogens is 652 g/mol. The van der Waals surface area contributed by atoms with Crippen molar-refractivity contribution in [3.63, 3.8) is 0 Å². The maximum atomic E-state index is 13.3. The normalized spacial score (nSPS) is 21.7. The number of carbonyl (C=O) groups is 2. The van der Waals surface area contributed by atoms with Crippen molar-refractivity contribution in [3.8, 4) is 33.5 Å². The van der Waals surface area contributed by atoms with Crippen molar-refractivity contribution in [2.24, 2.45) is 5.92 Å². The van der Waals surface area contributed by atoms with Crippen molar-refractivity contribution >= 4 is 23.2 Å². The minimum absolute atomic E-state index is 0.0905. The van der Waals surface area contributed by atoms with Crippen LogP contribution in [0.1, 0.15) is 97.4 Å². The van der Waals surface area contributed by atoms with Crippen LogP contribution in [0, 0.1) is 5.92 Å². The fraction of sp³-hybridized carbons (Fsp3) is 0.429. The number of benzene rings is 3. The molecule has 4 unspecified atom stereocenters. The molecule has 5 aromatic rings. The van der Waals surface area contributed by atoms with Crippen molar-refractivity contribution in [2.45, 2.75) is 103 Å². The number of hydrogen-bond donors (Lipinski definition) is 2. The summed E-state index contributed by atoms with van der Waals surface area (Å²) in [5.41, 5.74) is 7.21. The van der Waals surface area contributed by atoms with Gasteiger partial charge in [0, 0.05) is 12.6 Å². The third-order valence-electron chi connectivity index (χ3n) is 10.5. The van der Waals surface area contributed by atoms with Gasteiger partial charge in [-0.25, -0.2) is 19.6 Å². The molecule has 3 aliphatic rings. The van der Waals surface area contributed by atoms with Gasteiger partial charge in [-0.05, 0) is 120 Å². The second-order valence-electron chi connectivity index (χ2n) is 16.6. The number of amides is 2. The lowest BCUT2D eigenvalue weighted by Gasteiger charge is -2.35. The Bertz CT molecular complexity index is 2100. The Hall–Kier alpha value is -5.12. The summed E-state index contributed by atoms with van der Waals surface area (Å²) in [6.07, 6.45) is 6.21. The summed E-state index contributed by atoms with van der Waals surface area (Å²) in [5, 5.41) is 0. The molecule has 270 valence electrons. The number of hydrogen-bond acceptors (Lipinski definition) is 6. The Kier molecular flexibility index (Phi) is 8.38. The van der Waals surface area contributed by atoms with Crippen LogP contribution in [0.25, 0.3) is 44.5 Å². The van der Waals surface area contributed by atoms with Gasteiger partial charge in [0.25, 0.3) is 0 Å². The first-order valence-corrected chi connectivity index (χ1v) is 18.6. The number of imidazole rings is 2. The molecule has 4 heterocycles. The van der Waals surface area contributed by atoms with Gasteiger partial charge in [0.1, 0.15) is 22.9 Å². The summed E-state index contributed by atoms with van der Waals surface area (Å²) in [5.74, 6) is 2.03. The summed E-state index contributed by atoms with van der Waals surface area (Å²) < 4.78 is 11.5. The Morgan fingerprint density at radius 1 is 0.731 bits per heavy atom. The highest BCUT2D eigenvalue weighted by atomic mass is 16.6. The first kappa shape index (κ1) is 34.0. The van der Waals surface area contributed by atoms with Gasteiger partial charge in [0.2, 0.25) is 0 Å². The predicted octanol–water partition coefficient (Wildman–Crippen LogP) is 9.82. The molecule has 8 rings (SSSR count). The molecule has 2 aliphatic heterocycles. The van der Waals surface area contributed by atoms with Crippen molar-refractivity contribution < 1.29 is 19.1 Å². The smallest absolute Gasteiger partial charge is 0.411 e. The molecule has 2 N–H and O–H groups in total. The Morgan fingerprint density at radius 2 is 1.35 bits per heavy atom. The average Bonchev–Trinajstić information content (AvgIpc) is 3.94. The second kappa shape index (κ2) is 12.8. The average molecular weight is 701 g/mol. The van der Waals surface area contributed by atoms with Gasteiger partial charge in [-0.3, -0.25) is 9.80 Å². The minimum Gasteiger partial charge on any atom is -0.444 e. The lowest BCUT2D eigenvalue weighted by Crippen LogP contribution is -2.43. The van der Waals surface area contributed by atoms with E-state index in [-0.39, 0.29) is 30.3 Å². The van der Waals surface area contributed by atoms with Crippen LogP contribution in [0.3, 0.4) is 0 Å². The van der Waals surface area contributed by atoms with E-state index in [1.807, 2.05) is 52.6 Å². The van der Waals surface area contributed by atoms with E-state index in [2.05, 4.69) is 81.7 Å². The number of aromatic amines is 2. The second-order valence-corrected chi connectivity index (χ2v) is 16.6. The van der Waals surface area contributed by atoms with E-state index in [9.17, 15) is 9.59 Å². The Labute approximate surface area is 304 Å². The standard InChI is InChI=1S/C42H48N6O4/c1-41(2,3)51-39(49)47-21-7-8-35(47)37-43-24-34(46-37)28-15-13-26(14-16-28)25-9-11-27(12-10-25)29-18-20-32-33(23-29)45-38(44-32)36-30-17-19-31(22-30)48(36)40(50)52-42(4,5)6/h9-16,18,20,23-24,30-31,35-36H,7-8,17,19,21-22H2,1-6H3,(H,43,46)(H,44,45). The van der Waals surface area contributed by atoms with Gasteiger partial charge in [0.05, 0.1) is 35.0 Å². The van der Waals surface area contributed by atoms with Crippen LogP contribution in [-0.2, 0) is 9.47 Å². The van der Waals surface area contributed by atoms with Gasteiger partial charge in [-0.15, -0.1) is 0 Å². The number of piperidine rings is 1. The van der Waals surface area contributed by atoms with Crippen molar-refractivity contribution in [3.05, 3.63) is 84.6 Å². The van der Waals surface area contributed by atoms with Crippen LogP contribution >= 0.6 is 0 Å². The molecule has 1 saturated carbocycles. The maximum Gasteiger partial charge on any atom is 0.411 e. The summed E-state index contributed by atoms with van der Waals surface area (Å²) >= 11 is 0. The summed E-state index contributed by atoms with van der Waals surface area (Å²) in [7, 11) is 0. The molecule has 3 fully saturated rings. The Morgan fingerprint density at radius 3 is 2.02 bits per heavy atom. The van der Waals surface area contributed by atoms with Gasteiger partial charge < -0.3 is 19.4 Å². The molecule has 2 aromatic heterocycles. The lowest BCUT2D eigenvalue weighted by atomic mass is 9.98. The number of carbonyl (C=O) groups excluding carboxylic acids is 2. The van der Waals surface area contributed by atoms with E-state index in [0.717, 1.165) is 88.3 Å². The third-order valence-corrected chi connectivity index (χ3v) is 10.5. The number of fused-ring (bicyclic) bond motifs is 3. The van der Waals surface area contributed by atoms with Gasteiger partial charge >= 0.3 is 12.2 Å². The molecule has 10 nitrogen and oxygen atoms in total. The first-order valence-electron chi connectivity index (χ1n) is 18.6. The molecule has 1 aliphatic carbocycles. The van der Waals surface area contributed by atoms with Crippen LogP contribution in [0.15, 0.2) is 72.9 Å². The lowest BCUT2D eigenvalue weighted by molar-refractivity contribution is 0.00616. The van der Waals surface area contributed by atoms with E-state index in [1.165, 1.54) is 0 Å². The minimum atomic E-state index is -0.541. The zero-order valence-corrected chi connectivity index (χ0v) is 30.9. The topological polar surface area (TPSA) is 116 Å². The predicted molar refractivity (Wildman–Crippen MR) is 201 cm³/mol. The quantitative estimate of drug-likeness (QED) is 0.189. The molecule has 2 saturated heterocycles. The van der Waals surface area contributed by atoms with Crippen molar-refractivity contribution in [1.82, 2.24) is 29.7 Å². The number of nitrogens with one attached hydrogen (secondary N) is 2. The fourth-order valence-corrected chi connectivity index (χ4v) is 8.21. The zero-order valence-electron chi connectivity index (χ0n) is 30.9. The third kappa shape index (κ3) is 6.66. The maximum absolute atomic E-state index is 13.3. The summed E-state index contributed by atoms with van der Waals surface area (Å²) in [6, 6.07) is 23.4. The molecular formula is C42H48N6O4. The highest BCUT2D eigenvalue weighted by molar-refractivity contribution is 5.83. The number of rotatable bonds is 5. The molecule has 0 spiro atoms. The highest BCUT2D eigenvalue weighted by Gasteiger charge is 2.51. The van der Waals surface area contributed by atoms with Crippen molar-refractivity contribution in [1.29, 1.82) is 0 Å². The van der Waals surface area contributed by atoms with Crippen LogP contribution in [0.4, 0.5) is 9.59 Å². The number of H-pyrrole nitrogens is 2. The molecule has 3 aromatic carbocycles. The van der Waals surface area contributed by atoms with E-state index < -0.39 is 11.2 Å². The molecule has 52 heavy (non-hydrogen) atoms. The van der Waals surface area contributed by atoms with E-state index in [0.29, 0.717) is 12.5 Å². The van der Waals surface area contributed by atoms with E-state index in [1.54, 1.807) is 4.90 Å². The van der Waals surface area contributed by atoms with Gasteiger partial charge in [0.15, 0.2) is 0 Å². The monoisotopic (exact) mass is 700 g/mol. The zero-order chi connectivity index (χ0) is 36.4. The summed E-state index contributed by atoms with van der Waals surface area (Å²) in [4.78, 5) is 46.5. The molecule has 2 amide bonds.